The highest BCUT2D eigenvalue weighted by molar-refractivity contribution is 5.13. The summed E-state index contributed by atoms with van der Waals surface area (Å²) in [4.78, 5) is 0. The highest BCUT2D eigenvalue weighted by Gasteiger charge is 2.64. The van der Waals surface area contributed by atoms with Crippen molar-refractivity contribution in [1.29, 1.82) is 0 Å². The van der Waals surface area contributed by atoms with E-state index < -0.39 is 0 Å². The van der Waals surface area contributed by atoms with Crippen molar-refractivity contribution in [2.45, 2.75) is 37.9 Å². The molecule has 0 aromatic carbocycles. The van der Waals surface area contributed by atoms with Crippen molar-refractivity contribution >= 4 is 0 Å². The van der Waals surface area contributed by atoms with Crippen molar-refractivity contribution in [2.75, 3.05) is 0 Å². The van der Waals surface area contributed by atoms with Crippen LogP contribution in [-0.2, 0) is 4.74 Å². The number of aliphatic hydroxyl groups is 1. The average Bonchev–Trinajstić information content (AvgIpc) is 2.92. The SMILES string of the molecule is C=COC1CC2CC1C1C3CC(O)C(C3)C21. The molecule has 0 aromatic heterocycles. The van der Waals surface area contributed by atoms with Gasteiger partial charge in [0.05, 0.1) is 12.4 Å². The van der Waals surface area contributed by atoms with Crippen LogP contribution in [0, 0.1) is 35.5 Å². The number of fused-ring (bicyclic) bond motifs is 9. The fourth-order valence-electron chi connectivity index (χ4n) is 5.78. The summed E-state index contributed by atoms with van der Waals surface area (Å²) in [5, 5.41) is 10.0. The quantitative estimate of drug-likeness (QED) is 0.571. The molecule has 4 aliphatic carbocycles. The Morgan fingerprint density at radius 1 is 1.00 bits per heavy atom. The first-order valence-electron chi connectivity index (χ1n) is 6.74. The molecule has 0 heterocycles. The van der Waals surface area contributed by atoms with Gasteiger partial charge in [-0.25, -0.2) is 0 Å². The second kappa shape index (κ2) is 3.04. The standard InChI is InChI=1S/C14H20O2/c1-2-16-12-6-8-4-10(12)14-7-3-9(13(8)14)11(15)5-7/h2,7-15H,1,3-6H2. The minimum atomic E-state index is 0.0179. The predicted molar refractivity (Wildman–Crippen MR) is 60.5 cm³/mol. The van der Waals surface area contributed by atoms with Gasteiger partial charge in [-0.3, -0.25) is 0 Å². The van der Waals surface area contributed by atoms with Crippen molar-refractivity contribution in [3.8, 4) is 0 Å². The molecular weight excluding hydrogens is 200 g/mol. The Bertz CT molecular complexity index is 327. The van der Waals surface area contributed by atoms with E-state index in [0.717, 1.165) is 36.0 Å². The minimum Gasteiger partial charge on any atom is -0.498 e. The van der Waals surface area contributed by atoms with Crippen molar-refractivity contribution in [1.82, 2.24) is 0 Å². The molecule has 4 rings (SSSR count). The van der Waals surface area contributed by atoms with E-state index in [1.807, 2.05) is 0 Å². The van der Waals surface area contributed by atoms with Gasteiger partial charge in [0, 0.05) is 0 Å². The zero-order valence-electron chi connectivity index (χ0n) is 9.59. The fourth-order valence-corrected chi connectivity index (χ4v) is 5.78. The van der Waals surface area contributed by atoms with E-state index >= 15 is 0 Å². The normalized spacial score (nSPS) is 61.3. The molecule has 16 heavy (non-hydrogen) atoms. The van der Waals surface area contributed by atoms with Gasteiger partial charge in [-0.1, -0.05) is 6.58 Å². The Balaban J connectivity index is 1.62. The first-order valence-corrected chi connectivity index (χ1v) is 6.74. The zero-order valence-corrected chi connectivity index (χ0v) is 9.59. The first-order chi connectivity index (χ1) is 7.79. The van der Waals surface area contributed by atoms with Crippen LogP contribution in [-0.4, -0.2) is 17.3 Å². The molecule has 0 radical (unpaired) electrons. The summed E-state index contributed by atoms with van der Waals surface area (Å²) in [7, 11) is 0. The van der Waals surface area contributed by atoms with Gasteiger partial charge in [-0.15, -0.1) is 0 Å². The van der Waals surface area contributed by atoms with Crippen molar-refractivity contribution in [3.63, 3.8) is 0 Å². The number of hydrogen-bond acceptors (Lipinski definition) is 2. The topological polar surface area (TPSA) is 29.5 Å². The highest BCUT2D eigenvalue weighted by Crippen LogP contribution is 2.67. The Morgan fingerprint density at radius 3 is 2.50 bits per heavy atom. The number of ether oxygens (including phenoxy) is 1. The maximum Gasteiger partial charge on any atom is 0.101 e. The molecule has 88 valence electrons. The molecule has 0 amide bonds. The highest BCUT2D eigenvalue weighted by atomic mass is 16.5. The van der Waals surface area contributed by atoms with E-state index in [1.165, 1.54) is 19.3 Å². The van der Waals surface area contributed by atoms with Crippen molar-refractivity contribution in [3.05, 3.63) is 12.8 Å². The van der Waals surface area contributed by atoms with Crippen LogP contribution in [0.1, 0.15) is 25.7 Å². The fraction of sp³-hybridized carbons (Fsp3) is 0.857. The molecule has 8 unspecified atom stereocenters. The summed E-state index contributed by atoms with van der Waals surface area (Å²) in [6, 6.07) is 0. The van der Waals surface area contributed by atoms with Gasteiger partial charge >= 0.3 is 0 Å². The molecule has 4 aliphatic rings. The van der Waals surface area contributed by atoms with Crippen LogP contribution in [0.5, 0.6) is 0 Å². The molecule has 2 nitrogen and oxygen atoms in total. The molecule has 4 fully saturated rings. The van der Waals surface area contributed by atoms with Gasteiger partial charge in [0.1, 0.15) is 6.10 Å². The summed E-state index contributed by atoms with van der Waals surface area (Å²) in [5.74, 6) is 4.76. The lowest BCUT2D eigenvalue weighted by atomic mass is 9.69. The molecule has 8 atom stereocenters. The van der Waals surface area contributed by atoms with Crippen LogP contribution in [0.25, 0.3) is 0 Å². The molecule has 0 saturated heterocycles. The second-order valence-electron chi connectivity index (χ2n) is 6.35. The lowest BCUT2D eigenvalue weighted by Crippen LogP contribution is -2.39. The Kier molecular flexibility index (Phi) is 1.81. The van der Waals surface area contributed by atoms with Gasteiger partial charge in [-0.2, -0.15) is 0 Å². The lowest BCUT2D eigenvalue weighted by Gasteiger charge is -2.39. The summed E-state index contributed by atoms with van der Waals surface area (Å²) < 4.78 is 5.68. The lowest BCUT2D eigenvalue weighted by molar-refractivity contribution is -0.0180. The van der Waals surface area contributed by atoms with Crippen LogP contribution < -0.4 is 0 Å². The zero-order chi connectivity index (χ0) is 10.9. The van der Waals surface area contributed by atoms with Crippen LogP contribution in [0.4, 0.5) is 0 Å². The number of aliphatic hydroxyl groups excluding tert-OH is 1. The van der Waals surface area contributed by atoms with E-state index in [2.05, 4.69) is 6.58 Å². The van der Waals surface area contributed by atoms with Gasteiger partial charge in [0.25, 0.3) is 0 Å². The van der Waals surface area contributed by atoms with Crippen LogP contribution in [0.15, 0.2) is 12.8 Å². The summed E-state index contributed by atoms with van der Waals surface area (Å²) in [6.45, 7) is 3.69. The van der Waals surface area contributed by atoms with Crippen LogP contribution >= 0.6 is 0 Å². The summed E-state index contributed by atoms with van der Waals surface area (Å²) in [5.41, 5.74) is 0. The Morgan fingerprint density at radius 2 is 1.69 bits per heavy atom. The molecule has 4 bridgehead atoms. The minimum absolute atomic E-state index is 0.0179. The van der Waals surface area contributed by atoms with E-state index in [4.69, 9.17) is 4.74 Å². The van der Waals surface area contributed by atoms with Crippen molar-refractivity contribution < 1.29 is 9.84 Å². The van der Waals surface area contributed by atoms with E-state index in [9.17, 15) is 5.11 Å². The van der Waals surface area contributed by atoms with Crippen molar-refractivity contribution in [2.24, 2.45) is 35.5 Å². The molecule has 1 N–H and O–H groups in total. The maximum absolute atomic E-state index is 10.0. The Hall–Kier alpha value is -0.500. The molecule has 0 spiro atoms. The van der Waals surface area contributed by atoms with Crippen LogP contribution in [0.3, 0.4) is 0 Å². The van der Waals surface area contributed by atoms with E-state index in [0.29, 0.717) is 12.0 Å². The van der Waals surface area contributed by atoms with Gasteiger partial charge < -0.3 is 9.84 Å². The summed E-state index contributed by atoms with van der Waals surface area (Å²) >= 11 is 0. The van der Waals surface area contributed by atoms with Gasteiger partial charge in [-0.05, 0) is 61.2 Å². The number of hydrogen-bond donors (Lipinski definition) is 1. The molecule has 4 saturated carbocycles. The predicted octanol–water partition coefficient (Wildman–Crippen LogP) is 2.19. The summed E-state index contributed by atoms with van der Waals surface area (Å²) in [6.07, 6.45) is 7.02. The molecule has 0 aromatic rings. The van der Waals surface area contributed by atoms with Gasteiger partial charge in [0.2, 0.25) is 0 Å². The molecule has 0 aliphatic heterocycles. The average molecular weight is 220 g/mol. The van der Waals surface area contributed by atoms with Crippen LogP contribution in [0.2, 0.25) is 0 Å². The molecular formula is C14H20O2. The Labute approximate surface area is 96.7 Å². The van der Waals surface area contributed by atoms with E-state index in [-0.39, 0.29) is 6.10 Å². The molecule has 2 heteroatoms. The second-order valence-corrected chi connectivity index (χ2v) is 6.35. The smallest absolute Gasteiger partial charge is 0.101 e. The largest absolute Gasteiger partial charge is 0.498 e. The third-order valence-corrected chi connectivity index (χ3v) is 5.99. The van der Waals surface area contributed by atoms with Gasteiger partial charge in [0.15, 0.2) is 0 Å². The number of rotatable bonds is 2. The first kappa shape index (κ1) is 9.52. The third kappa shape index (κ3) is 0.976. The van der Waals surface area contributed by atoms with E-state index in [1.54, 1.807) is 6.26 Å². The monoisotopic (exact) mass is 220 g/mol. The third-order valence-electron chi connectivity index (χ3n) is 5.99. The maximum atomic E-state index is 10.0.